The van der Waals surface area contributed by atoms with E-state index in [1.165, 1.54) is 40.7 Å². The maximum atomic E-state index is 12.8. The van der Waals surface area contributed by atoms with Crippen molar-refractivity contribution in [3.05, 3.63) is 66.1 Å². The van der Waals surface area contributed by atoms with Crippen molar-refractivity contribution in [3.8, 4) is 5.75 Å². The van der Waals surface area contributed by atoms with Crippen LogP contribution in [0.2, 0.25) is 0 Å². The maximum Gasteiger partial charge on any atom is 0.257 e. The molecule has 0 aliphatic rings. The average Bonchev–Trinajstić information content (AvgIpc) is 2.91. The van der Waals surface area contributed by atoms with Crippen molar-refractivity contribution in [2.24, 2.45) is 7.05 Å². The second-order valence-electron chi connectivity index (χ2n) is 5.62. The van der Waals surface area contributed by atoms with E-state index in [1.54, 1.807) is 0 Å². The number of rotatable bonds is 6. The second-order valence-corrected chi connectivity index (χ2v) is 5.62. The molecule has 0 bridgehead atoms. The van der Waals surface area contributed by atoms with Crippen molar-refractivity contribution in [1.82, 2.24) is 9.88 Å². The molecule has 0 spiro atoms. The van der Waals surface area contributed by atoms with Gasteiger partial charge in [-0.2, -0.15) is 0 Å². The van der Waals surface area contributed by atoms with Gasteiger partial charge in [0.15, 0.2) is 6.61 Å². The van der Waals surface area contributed by atoms with E-state index in [9.17, 15) is 9.18 Å². The van der Waals surface area contributed by atoms with Crippen molar-refractivity contribution < 1.29 is 13.9 Å². The summed E-state index contributed by atoms with van der Waals surface area (Å²) in [5, 5.41) is 4.04. The van der Waals surface area contributed by atoms with Crippen LogP contribution in [0.3, 0.4) is 0 Å². The Kier molecular flexibility index (Phi) is 4.79. The van der Waals surface area contributed by atoms with Gasteiger partial charge in [0, 0.05) is 30.7 Å². The number of hydrogen-bond acceptors (Lipinski definition) is 2. The van der Waals surface area contributed by atoms with Gasteiger partial charge in [0.2, 0.25) is 0 Å². The number of hydrogen-bond donors (Lipinski definition) is 1. The predicted octanol–water partition coefficient (Wildman–Crippen LogP) is 3.06. The summed E-state index contributed by atoms with van der Waals surface area (Å²) in [6, 6.07) is 13.8. The summed E-state index contributed by atoms with van der Waals surface area (Å²) in [6.45, 7) is 0.459. The van der Waals surface area contributed by atoms with Crippen LogP contribution in [0.15, 0.2) is 54.7 Å². The number of nitrogens with zero attached hydrogens (tertiary/aromatic N) is 1. The number of halogens is 1. The smallest absolute Gasteiger partial charge is 0.257 e. The van der Waals surface area contributed by atoms with Crippen LogP contribution in [-0.4, -0.2) is 23.6 Å². The fourth-order valence-corrected chi connectivity index (χ4v) is 2.69. The summed E-state index contributed by atoms with van der Waals surface area (Å²) < 4.78 is 20.2. The lowest BCUT2D eigenvalue weighted by Crippen LogP contribution is -2.30. The first-order valence-corrected chi connectivity index (χ1v) is 7.81. The van der Waals surface area contributed by atoms with Gasteiger partial charge in [-0.25, -0.2) is 4.39 Å². The van der Waals surface area contributed by atoms with Crippen molar-refractivity contribution in [2.45, 2.75) is 6.42 Å². The van der Waals surface area contributed by atoms with Gasteiger partial charge in [-0.05, 0) is 42.3 Å². The molecule has 2 aromatic carbocycles. The van der Waals surface area contributed by atoms with E-state index >= 15 is 0 Å². The Labute approximate surface area is 139 Å². The Bertz CT molecular complexity index is 840. The summed E-state index contributed by atoms with van der Waals surface area (Å²) in [7, 11) is 2.01. The number of benzene rings is 2. The zero-order valence-electron chi connectivity index (χ0n) is 13.5. The first-order valence-electron chi connectivity index (χ1n) is 7.81. The molecule has 4 nitrogen and oxygen atoms in total. The van der Waals surface area contributed by atoms with Gasteiger partial charge >= 0.3 is 0 Å². The predicted molar refractivity (Wildman–Crippen MR) is 91.5 cm³/mol. The van der Waals surface area contributed by atoms with E-state index < -0.39 is 0 Å². The number of amides is 1. The normalized spacial score (nSPS) is 10.8. The van der Waals surface area contributed by atoms with E-state index in [1.807, 2.05) is 19.2 Å². The Morgan fingerprint density at radius 1 is 1.17 bits per heavy atom. The lowest BCUT2D eigenvalue weighted by Gasteiger charge is -2.07. The highest BCUT2D eigenvalue weighted by atomic mass is 19.1. The van der Waals surface area contributed by atoms with Gasteiger partial charge in [0.25, 0.3) is 5.91 Å². The molecule has 0 aliphatic carbocycles. The fourth-order valence-electron chi connectivity index (χ4n) is 2.69. The average molecular weight is 326 g/mol. The Hall–Kier alpha value is -2.82. The van der Waals surface area contributed by atoms with E-state index in [0.29, 0.717) is 12.3 Å². The highest BCUT2D eigenvalue weighted by Crippen LogP contribution is 2.20. The summed E-state index contributed by atoms with van der Waals surface area (Å²) in [4.78, 5) is 11.8. The van der Waals surface area contributed by atoms with E-state index in [2.05, 4.69) is 28.2 Å². The van der Waals surface area contributed by atoms with Crippen LogP contribution in [0.4, 0.5) is 4.39 Å². The SMILES string of the molecule is Cn1cc(CCNC(=O)COc2ccc(F)cc2)c2ccccc21. The minimum atomic E-state index is -0.332. The van der Waals surface area contributed by atoms with Crippen molar-refractivity contribution in [1.29, 1.82) is 0 Å². The molecule has 0 fully saturated rings. The quantitative estimate of drug-likeness (QED) is 0.756. The van der Waals surface area contributed by atoms with Crippen LogP contribution in [0.25, 0.3) is 10.9 Å². The zero-order valence-corrected chi connectivity index (χ0v) is 13.5. The zero-order chi connectivity index (χ0) is 16.9. The van der Waals surface area contributed by atoms with Gasteiger partial charge < -0.3 is 14.6 Å². The molecule has 124 valence electrons. The summed E-state index contributed by atoms with van der Waals surface area (Å²) in [5.41, 5.74) is 2.38. The third kappa shape index (κ3) is 3.74. The number of carbonyl (C=O) groups excluding carboxylic acids is 1. The van der Waals surface area contributed by atoms with Gasteiger partial charge in [0.1, 0.15) is 11.6 Å². The first kappa shape index (κ1) is 16.1. The lowest BCUT2D eigenvalue weighted by molar-refractivity contribution is -0.123. The molecule has 3 aromatic rings. The van der Waals surface area contributed by atoms with Crippen LogP contribution < -0.4 is 10.1 Å². The Balaban J connectivity index is 1.48. The Morgan fingerprint density at radius 2 is 1.92 bits per heavy atom. The highest BCUT2D eigenvalue weighted by molar-refractivity contribution is 5.84. The topological polar surface area (TPSA) is 43.3 Å². The number of fused-ring (bicyclic) bond motifs is 1. The number of carbonyl (C=O) groups is 1. The largest absolute Gasteiger partial charge is 0.484 e. The number of aryl methyl sites for hydroxylation is 1. The number of ether oxygens (including phenoxy) is 1. The standard InChI is InChI=1S/C19H19FN2O2/c1-22-12-14(17-4-2-3-5-18(17)22)10-11-21-19(23)13-24-16-8-6-15(20)7-9-16/h2-9,12H,10-11,13H2,1H3,(H,21,23). The molecule has 1 amide bonds. The molecule has 0 radical (unpaired) electrons. The molecule has 0 saturated heterocycles. The summed E-state index contributed by atoms with van der Waals surface area (Å²) in [6.07, 6.45) is 2.84. The van der Waals surface area contributed by atoms with E-state index in [-0.39, 0.29) is 18.3 Å². The van der Waals surface area contributed by atoms with Crippen molar-refractivity contribution in [2.75, 3.05) is 13.2 Å². The lowest BCUT2D eigenvalue weighted by atomic mass is 10.1. The molecule has 0 saturated carbocycles. The molecule has 0 aliphatic heterocycles. The molecule has 1 aromatic heterocycles. The third-order valence-corrected chi connectivity index (χ3v) is 3.88. The number of nitrogens with one attached hydrogen (secondary N) is 1. The van der Waals surface area contributed by atoms with Gasteiger partial charge in [-0.15, -0.1) is 0 Å². The Morgan fingerprint density at radius 3 is 2.71 bits per heavy atom. The first-order chi connectivity index (χ1) is 11.6. The second kappa shape index (κ2) is 7.17. The molecule has 1 N–H and O–H groups in total. The summed E-state index contributed by atoms with van der Waals surface area (Å²) >= 11 is 0. The number of aromatic nitrogens is 1. The molecule has 0 unspecified atom stereocenters. The highest BCUT2D eigenvalue weighted by Gasteiger charge is 2.07. The van der Waals surface area contributed by atoms with E-state index in [0.717, 1.165) is 6.42 Å². The summed E-state index contributed by atoms with van der Waals surface area (Å²) in [5.74, 6) is -0.0537. The molecular formula is C19H19FN2O2. The van der Waals surface area contributed by atoms with Gasteiger partial charge in [-0.3, -0.25) is 4.79 Å². The molecular weight excluding hydrogens is 307 g/mol. The molecule has 5 heteroatoms. The minimum absolute atomic E-state index is 0.0822. The maximum absolute atomic E-state index is 12.8. The van der Waals surface area contributed by atoms with Crippen LogP contribution in [0, 0.1) is 5.82 Å². The fraction of sp³-hybridized carbons (Fsp3) is 0.211. The number of para-hydroxylation sites is 1. The minimum Gasteiger partial charge on any atom is -0.484 e. The van der Waals surface area contributed by atoms with Gasteiger partial charge in [0.05, 0.1) is 0 Å². The van der Waals surface area contributed by atoms with Gasteiger partial charge in [-0.1, -0.05) is 18.2 Å². The molecule has 1 heterocycles. The van der Waals surface area contributed by atoms with Crippen LogP contribution >= 0.6 is 0 Å². The molecule has 3 rings (SSSR count). The third-order valence-electron chi connectivity index (χ3n) is 3.88. The van der Waals surface area contributed by atoms with Crippen LogP contribution in [0.1, 0.15) is 5.56 Å². The van der Waals surface area contributed by atoms with Crippen LogP contribution in [-0.2, 0) is 18.3 Å². The molecule has 24 heavy (non-hydrogen) atoms. The monoisotopic (exact) mass is 326 g/mol. The van der Waals surface area contributed by atoms with E-state index in [4.69, 9.17) is 4.74 Å². The van der Waals surface area contributed by atoms with Crippen molar-refractivity contribution in [3.63, 3.8) is 0 Å². The van der Waals surface area contributed by atoms with Crippen molar-refractivity contribution >= 4 is 16.8 Å². The van der Waals surface area contributed by atoms with Crippen LogP contribution in [0.5, 0.6) is 5.75 Å². The molecule has 0 atom stereocenters.